The van der Waals surface area contributed by atoms with Crippen molar-refractivity contribution in [2.24, 2.45) is 0 Å². The molecule has 86 valence electrons. The summed E-state index contributed by atoms with van der Waals surface area (Å²) in [5.74, 6) is 0.747. The van der Waals surface area contributed by atoms with Gasteiger partial charge in [0.05, 0.1) is 5.69 Å². The summed E-state index contributed by atoms with van der Waals surface area (Å²) in [6, 6.07) is 5.39. The van der Waals surface area contributed by atoms with Gasteiger partial charge in [-0.05, 0) is 24.6 Å². The predicted molar refractivity (Wildman–Crippen MR) is 63.6 cm³/mol. The summed E-state index contributed by atoms with van der Waals surface area (Å²) in [5, 5.41) is 0. The van der Waals surface area contributed by atoms with Crippen LogP contribution in [-0.2, 0) is 4.79 Å². The van der Waals surface area contributed by atoms with Crippen molar-refractivity contribution in [2.75, 3.05) is 23.8 Å². The molecule has 0 radical (unpaired) electrons. The molecule has 0 unspecified atom stereocenters. The van der Waals surface area contributed by atoms with Gasteiger partial charge in [0.1, 0.15) is 5.75 Å². The van der Waals surface area contributed by atoms with Crippen molar-refractivity contribution in [1.29, 1.82) is 0 Å². The molecule has 0 aliphatic carbocycles. The van der Waals surface area contributed by atoms with Gasteiger partial charge in [-0.15, -0.1) is 0 Å². The van der Waals surface area contributed by atoms with E-state index in [-0.39, 0.29) is 12.5 Å². The maximum atomic E-state index is 11.7. The van der Waals surface area contributed by atoms with Crippen molar-refractivity contribution in [3.63, 3.8) is 0 Å². The average molecular weight is 220 g/mol. The Morgan fingerprint density at radius 2 is 2.31 bits per heavy atom. The Morgan fingerprint density at radius 1 is 1.50 bits per heavy atom. The molecular formula is C12H16N2O2. The summed E-state index contributed by atoms with van der Waals surface area (Å²) >= 11 is 0. The van der Waals surface area contributed by atoms with E-state index in [1.807, 2.05) is 6.07 Å². The monoisotopic (exact) mass is 220 g/mol. The Bertz CT molecular complexity index is 404. The molecule has 2 N–H and O–H groups in total. The molecule has 0 saturated heterocycles. The second kappa shape index (κ2) is 4.43. The van der Waals surface area contributed by atoms with E-state index in [0.717, 1.165) is 30.8 Å². The number of rotatable bonds is 3. The minimum absolute atomic E-state index is 0.00606. The van der Waals surface area contributed by atoms with Crippen LogP contribution in [0.25, 0.3) is 0 Å². The maximum Gasteiger partial charge on any atom is 0.265 e. The van der Waals surface area contributed by atoms with Crippen molar-refractivity contribution < 1.29 is 9.53 Å². The number of fused-ring (bicyclic) bond motifs is 1. The molecule has 4 nitrogen and oxygen atoms in total. The molecule has 1 heterocycles. The molecule has 0 spiro atoms. The Balaban J connectivity index is 2.31. The lowest BCUT2D eigenvalue weighted by Gasteiger charge is -2.29. The van der Waals surface area contributed by atoms with Crippen molar-refractivity contribution >= 4 is 17.3 Å². The molecule has 0 saturated carbocycles. The largest absolute Gasteiger partial charge is 0.482 e. The van der Waals surface area contributed by atoms with E-state index >= 15 is 0 Å². The van der Waals surface area contributed by atoms with Gasteiger partial charge in [0.2, 0.25) is 0 Å². The highest BCUT2D eigenvalue weighted by Crippen LogP contribution is 2.33. The van der Waals surface area contributed by atoms with Crippen molar-refractivity contribution in [2.45, 2.75) is 19.8 Å². The van der Waals surface area contributed by atoms with Gasteiger partial charge in [0.15, 0.2) is 6.61 Å². The fraction of sp³-hybridized carbons (Fsp3) is 0.417. The van der Waals surface area contributed by atoms with Crippen LogP contribution in [0.5, 0.6) is 5.75 Å². The van der Waals surface area contributed by atoms with Gasteiger partial charge in [0.25, 0.3) is 5.91 Å². The molecule has 0 aromatic heterocycles. The quantitative estimate of drug-likeness (QED) is 0.790. The van der Waals surface area contributed by atoms with Gasteiger partial charge < -0.3 is 15.4 Å². The Hall–Kier alpha value is -1.71. The molecule has 1 aliphatic rings. The fourth-order valence-corrected chi connectivity index (χ4v) is 1.78. The number of hydrogen-bond acceptors (Lipinski definition) is 3. The molecule has 0 bridgehead atoms. The maximum absolute atomic E-state index is 11.7. The highest BCUT2D eigenvalue weighted by atomic mass is 16.5. The van der Waals surface area contributed by atoms with Gasteiger partial charge in [-0.2, -0.15) is 0 Å². The van der Waals surface area contributed by atoms with Gasteiger partial charge >= 0.3 is 0 Å². The van der Waals surface area contributed by atoms with Gasteiger partial charge in [0, 0.05) is 12.2 Å². The fourth-order valence-electron chi connectivity index (χ4n) is 1.78. The van der Waals surface area contributed by atoms with Crippen molar-refractivity contribution in [3.05, 3.63) is 18.2 Å². The Kier molecular flexibility index (Phi) is 2.99. The number of nitrogen functional groups attached to an aromatic ring is 1. The topological polar surface area (TPSA) is 55.6 Å². The van der Waals surface area contributed by atoms with Gasteiger partial charge in [-0.1, -0.05) is 13.3 Å². The van der Waals surface area contributed by atoms with Crippen molar-refractivity contribution in [3.8, 4) is 5.75 Å². The standard InChI is InChI=1S/C12H16N2O2/c1-2-3-6-14-10-7-9(13)4-5-11(10)16-8-12(14)15/h4-5,7H,2-3,6,8,13H2,1H3. The molecule has 1 amide bonds. The first-order valence-corrected chi connectivity index (χ1v) is 5.55. The van der Waals surface area contributed by atoms with E-state index in [0.29, 0.717) is 5.69 Å². The van der Waals surface area contributed by atoms with Crippen LogP contribution in [0.3, 0.4) is 0 Å². The molecule has 4 heteroatoms. The average Bonchev–Trinajstić information content (AvgIpc) is 2.28. The third-order valence-electron chi connectivity index (χ3n) is 2.66. The molecular weight excluding hydrogens is 204 g/mol. The second-order valence-corrected chi connectivity index (χ2v) is 3.91. The smallest absolute Gasteiger partial charge is 0.265 e. The van der Waals surface area contributed by atoms with Crippen LogP contribution in [0, 0.1) is 0 Å². The third kappa shape index (κ3) is 1.96. The number of carbonyl (C=O) groups is 1. The third-order valence-corrected chi connectivity index (χ3v) is 2.66. The highest BCUT2D eigenvalue weighted by molar-refractivity contribution is 5.98. The number of amides is 1. The lowest BCUT2D eigenvalue weighted by Crippen LogP contribution is -2.39. The van der Waals surface area contributed by atoms with E-state index < -0.39 is 0 Å². The minimum Gasteiger partial charge on any atom is -0.482 e. The molecule has 16 heavy (non-hydrogen) atoms. The molecule has 0 atom stereocenters. The first-order valence-electron chi connectivity index (χ1n) is 5.55. The van der Waals surface area contributed by atoms with Crippen LogP contribution in [-0.4, -0.2) is 19.1 Å². The minimum atomic E-state index is 0.00606. The summed E-state index contributed by atoms with van der Waals surface area (Å²) in [6.07, 6.45) is 2.04. The summed E-state index contributed by atoms with van der Waals surface area (Å²) in [6.45, 7) is 2.96. The number of unbranched alkanes of at least 4 members (excludes halogenated alkanes) is 1. The molecule has 2 rings (SSSR count). The van der Waals surface area contributed by atoms with Crippen LogP contribution >= 0.6 is 0 Å². The van der Waals surface area contributed by atoms with Crippen LogP contribution in [0.2, 0.25) is 0 Å². The van der Waals surface area contributed by atoms with Gasteiger partial charge in [-0.3, -0.25) is 4.79 Å². The number of anilines is 2. The summed E-state index contributed by atoms with van der Waals surface area (Å²) in [4.78, 5) is 13.5. The highest BCUT2D eigenvalue weighted by Gasteiger charge is 2.24. The number of nitrogens with zero attached hydrogens (tertiary/aromatic N) is 1. The zero-order valence-electron chi connectivity index (χ0n) is 9.40. The first kappa shape index (κ1) is 10.8. The molecule has 0 fully saturated rings. The zero-order valence-corrected chi connectivity index (χ0v) is 9.40. The molecule has 1 aliphatic heterocycles. The zero-order chi connectivity index (χ0) is 11.5. The normalized spacial score (nSPS) is 14.6. The Morgan fingerprint density at radius 3 is 3.06 bits per heavy atom. The predicted octanol–water partition coefficient (Wildman–Crippen LogP) is 1.79. The van der Waals surface area contributed by atoms with E-state index in [9.17, 15) is 4.79 Å². The number of hydrogen-bond donors (Lipinski definition) is 1. The summed E-state index contributed by atoms with van der Waals surface area (Å²) in [5.41, 5.74) is 7.17. The SMILES string of the molecule is CCCCN1C(=O)COc2ccc(N)cc21. The van der Waals surface area contributed by atoms with E-state index in [1.165, 1.54) is 0 Å². The van der Waals surface area contributed by atoms with E-state index in [1.54, 1.807) is 17.0 Å². The first-order chi connectivity index (χ1) is 7.72. The van der Waals surface area contributed by atoms with Crippen LogP contribution in [0.1, 0.15) is 19.8 Å². The molecule has 1 aromatic carbocycles. The summed E-state index contributed by atoms with van der Waals surface area (Å²) < 4.78 is 5.35. The molecule has 1 aromatic rings. The van der Waals surface area contributed by atoms with E-state index in [2.05, 4.69) is 6.92 Å². The number of ether oxygens (including phenoxy) is 1. The lowest BCUT2D eigenvalue weighted by atomic mass is 10.2. The van der Waals surface area contributed by atoms with E-state index in [4.69, 9.17) is 10.5 Å². The number of benzene rings is 1. The number of carbonyl (C=O) groups excluding carboxylic acids is 1. The van der Waals surface area contributed by atoms with Crippen LogP contribution in [0.4, 0.5) is 11.4 Å². The lowest BCUT2D eigenvalue weighted by molar-refractivity contribution is -0.121. The van der Waals surface area contributed by atoms with Crippen molar-refractivity contribution in [1.82, 2.24) is 0 Å². The second-order valence-electron chi connectivity index (χ2n) is 3.91. The Labute approximate surface area is 95.0 Å². The number of nitrogens with two attached hydrogens (primary N) is 1. The van der Waals surface area contributed by atoms with Crippen LogP contribution < -0.4 is 15.4 Å². The van der Waals surface area contributed by atoms with Gasteiger partial charge in [-0.25, -0.2) is 0 Å². The van der Waals surface area contributed by atoms with Crippen LogP contribution in [0.15, 0.2) is 18.2 Å². The summed E-state index contributed by atoms with van der Waals surface area (Å²) in [7, 11) is 0.